The molecule has 0 spiro atoms. The zero-order valence-electron chi connectivity index (χ0n) is 17.7. The van der Waals surface area contributed by atoms with E-state index in [-0.39, 0.29) is 35.4 Å². The summed E-state index contributed by atoms with van der Waals surface area (Å²) in [4.78, 5) is 37.3. The highest BCUT2D eigenvalue weighted by Gasteiger charge is 2.36. The summed E-state index contributed by atoms with van der Waals surface area (Å²) in [5.74, 6) is -1.32. The second-order valence-corrected chi connectivity index (χ2v) is 8.30. The fourth-order valence-corrected chi connectivity index (χ4v) is 4.01. The number of carbonyl (C=O) groups excluding carboxylic acids is 2. The lowest BCUT2D eigenvalue weighted by Crippen LogP contribution is -2.57. The number of fused-ring (bicyclic) bond motifs is 1. The molecule has 0 aliphatic carbocycles. The first kappa shape index (κ1) is 21.0. The van der Waals surface area contributed by atoms with Crippen molar-refractivity contribution in [3.05, 3.63) is 41.1 Å². The molecule has 0 bridgehead atoms. The van der Waals surface area contributed by atoms with Crippen LogP contribution in [0.25, 0.3) is 0 Å². The van der Waals surface area contributed by atoms with Crippen LogP contribution in [0.5, 0.6) is 0 Å². The fourth-order valence-electron chi connectivity index (χ4n) is 4.01. The van der Waals surface area contributed by atoms with Crippen molar-refractivity contribution in [3.63, 3.8) is 0 Å². The number of rotatable bonds is 4. The topological polar surface area (TPSA) is 90.5 Å². The Morgan fingerprint density at radius 2 is 1.94 bits per heavy atom. The molecule has 10 heteroatoms. The molecule has 1 fully saturated rings. The maximum absolute atomic E-state index is 13.4. The summed E-state index contributed by atoms with van der Waals surface area (Å²) in [6.07, 6.45) is 0. The van der Waals surface area contributed by atoms with Gasteiger partial charge in [-0.05, 0) is 31.0 Å². The molecule has 2 aromatic rings. The smallest absolute Gasteiger partial charge is 0.254 e. The number of anilines is 3. The Hall–Kier alpha value is -3.30. The van der Waals surface area contributed by atoms with E-state index >= 15 is 0 Å². The largest absolute Gasteiger partial charge is 0.348 e. The molecule has 0 radical (unpaired) electrons. The van der Waals surface area contributed by atoms with Gasteiger partial charge in [0.15, 0.2) is 17.5 Å². The molecule has 2 N–H and O–H groups in total. The van der Waals surface area contributed by atoms with Gasteiger partial charge < -0.3 is 20.4 Å². The number of likely N-dealkylation sites (tertiary alicyclic amines) is 1. The van der Waals surface area contributed by atoms with E-state index in [1.807, 2.05) is 25.8 Å². The Labute approximate surface area is 178 Å². The van der Waals surface area contributed by atoms with Gasteiger partial charge in [0.25, 0.3) is 5.91 Å². The standard InChI is InChI=1S/C21H24F2N6O2/c1-10(2)17-19(30)26-16-11(3)24-21(27-18(16)28(17)4)25-13-8-29(9-13)20(31)12-5-6-14(22)15(23)7-12/h5-7,10,13,17H,8-9H2,1-4H3,(H,26,30)(H,24,25,27)/t17-/m0/s1. The summed E-state index contributed by atoms with van der Waals surface area (Å²) in [5.41, 5.74) is 1.35. The first-order valence-electron chi connectivity index (χ1n) is 10.1. The third-order valence-corrected chi connectivity index (χ3v) is 5.64. The Morgan fingerprint density at radius 3 is 2.58 bits per heavy atom. The van der Waals surface area contributed by atoms with Crippen molar-refractivity contribution >= 4 is 29.3 Å². The van der Waals surface area contributed by atoms with Crippen LogP contribution < -0.4 is 15.5 Å². The summed E-state index contributed by atoms with van der Waals surface area (Å²) in [5, 5.41) is 6.12. The van der Waals surface area contributed by atoms with Gasteiger partial charge in [-0.2, -0.15) is 4.98 Å². The maximum Gasteiger partial charge on any atom is 0.254 e. The van der Waals surface area contributed by atoms with E-state index in [1.54, 1.807) is 6.92 Å². The lowest BCUT2D eigenvalue weighted by Gasteiger charge is -2.40. The number of aromatic nitrogens is 2. The molecular formula is C21H24F2N6O2. The van der Waals surface area contributed by atoms with Gasteiger partial charge in [0.1, 0.15) is 11.7 Å². The Kier molecular flexibility index (Phi) is 5.24. The lowest BCUT2D eigenvalue weighted by molar-refractivity contribution is -0.118. The zero-order chi connectivity index (χ0) is 22.4. The minimum Gasteiger partial charge on any atom is -0.348 e. The van der Waals surface area contributed by atoms with Gasteiger partial charge in [0.2, 0.25) is 11.9 Å². The van der Waals surface area contributed by atoms with Crippen LogP contribution in [-0.2, 0) is 4.79 Å². The molecule has 1 atom stereocenters. The predicted molar refractivity (Wildman–Crippen MR) is 112 cm³/mol. The molecule has 31 heavy (non-hydrogen) atoms. The van der Waals surface area contributed by atoms with Crippen LogP contribution >= 0.6 is 0 Å². The van der Waals surface area contributed by atoms with E-state index in [1.165, 1.54) is 11.0 Å². The number of nitrogens with zero attached hydrogens (tertiary/aromatic N) is 4. The number of hydrogen-bond donors (Lipinski definition) is 2. The van der Waals surface area contributed by atoms with Crippen LogP contribution in [0, 0.1) is 24.5 Å². The van der Waals surface area contributed by atoms with Crippen molar-refractivity contribution in [1.29, 1.82) is 0 Å². The zero-order valence-corrected chi connectivity index (χ0v) is 17.7. The molecule has 3 heterocycles. The number of benzene rings is 1. The Balaban J connectivity index is 1.45. The highest BCUT2D eigenvalue weighted by Crippen LogP contribution is 2.34. The summed E-state index contributed by atoms with van der Waals surface area (Å²) < 4.78 is 26.5. The maximum atomic E-state index is 13.4. The average Bonchev–Trinajstić information content (AvgIpc) is 2.67. The van der Waals surface area contributed by atoms with Crippen LogP contribution in [0.2, 0.25) is 0 Å². The molecule has 0 unspecified atom stereocenters. The summed E-state index contributed by atoms with van der Waals surface area (Å²) in [7, 11) is 1.84. The number of aryl methyl sites for hydroxylation is 1. The minimum atomic E-state index is -1.05. The molecule has 1 saturated heterocycles. The van der Waals surface area contributed by atoms with Gasteiger partial charge in [-0.15, -0.1) is 0 Å². The van der Waals surface area contributed by atoms with Gasteiger partial charge in [-0.1, -0.05) is 13.8 Å². The van der Waals surface area contributed by atoms with E-state index in [0.717, 1.165) is 12.1 Å². The molecule has 164 valence electrons. The Bertz CT molecular complexity index is 1050. The van der Waals surface area contributed by atoms with Gasteiger partial charge in [-0.25, -0.2) is 13.8 Å². The van der Waals surface area contributed by atoms with Crippen molar-refractivity contribution in [2.24, 2.45) is 5.92 Å². The molecule has 8 nitrogen and oxygen atoms in total. The van der Waals surface area contributed by atoms with Crippen molar-refractivity contribution in [2.45, 2.75) is 32.9 Å². The van der Waals surface area contributed by atoms with Gasteiger partial charge in [-0.3, -0.25) is 9.59 Å². The minimum absolute atomic E-state index is 0.0731. The van der Waals surface area contributed by atoms with Gasteiger partial charge >= 0.3 is 0 Å². The van der Waals surface area contributed by atoms with Crippen molar-refractivity contribution in [3.8, 4) is 0 Å². The van der Waals surface area contributed by atoms with E-state index < -0.39 is 11.6 Å². The second kappa shape index (κ2) is 7.75. The normalized spacial score (nSPS) is 18.5. The van der Waals surface area contributed by atoms with Crippen LogP contribution in [0.4, 0.5) is 26.2 Å². The third kappa shape index (κ3) is 3.77. The number of nitrogens with one attached hydrogen (secondary N) is 2. The SMILES string of the molecule is Cc1nc(NC2CN(C(=O)c3ccc(F)c(F)c3)C2)nc2c1NC(=O)[C@H](C(C)C)N2C. The van der Waals surface area contributed by atoms with Crippen LogP contribution in [0.15, 0.2) is 18.2 Å². The molecule has 1 aromatic heterocycles. The van der Waals surface area contributed by atoms with Crippen LogP contribution in [0.3, 0.4) is 0 Å². The van der Waals surface area contributed by atoms with Crippen molar-refractivity contribution in [2.75, 3.05) is 35.7 Å². The quantitative estimate of drug-likeness (QED) is 0.774. The summed E-state index contributed by atoms with van der Waals surface area (Å²) in [6, 6.07) is 2.72. The second-order valence-electron chi connectivity index (χ2n) is 8.30. The molecule has 2 aliphatic rings. The van der Waals surface area contributed by atoms with Crippen molar-refractivity contribution < 1.29 is 18.4 Å². The number of amides is 2. The number of halogens is 2. The van der Waals surface area contributed by atoms with Crippen LogP contribution in [-0.4, -0.2) is 58.9 Å². The third-order valence-electron chi connectivity index (χ3n) is 5.64. The van der Waals surface area contributed by atoms with E-state index in [9.17, 15) is 18.4 Å². The van der Waals surface area contributed by atoms with E-state index in [0.29, 0.717) is 36.2 Å². The van der Waals surface area contributed by atoms with E-state index in [4.69, 9.17) is 0 Å². The Morgan fingerprint density at radius 1 is 1.23 bits per heavy atom. The summed E-state index contributed by atoms with van der Waals surface area (Å²) >= 11 is 0. The molecule has 2 aliphatic heterocycles. The average molecular weight is 430 g/mol. The highest BCUT2D eigenvalue weighted by molar-refractivity contribution is 6.03. The van der Waals surface area contributed by atoms with Crippen LogP contribution in [0.1, 0.15) is 29.9 Å². The molecule has 1 aromatic carbocycles. The molecular weight excluding hydrogens is 406 g/mol. The highest BCUT2D eigenvalue weighted by atomic mass is 19.2. The molecule has 2 amide bonds. The molecule has 4 rings (SSSR count). The number of likely N-dealkylation sites (N-methyl/N-ethyl adjacent to an activating group) is 1. The predicted octanol–water partition coefficient (Wildman–Crippen LogP) is 2.41. The number of hydrogen-bond acceptors (Lipinski definition) is 6. The summed E-state index contributed by atoms with van der Waals surface area (Å²) in [6.45, 7) is 6.53. The van der Waals surface area contributed by atoms with E-state index in [2.05, 4.69) is 20.6 Å². The number of carbonyl (C=O) groups is 2. The lowest BCUT2D eigenvalue weighted by atomic mass is 9.99. The van der Waals surface area contributed by atoms with Crippen molar-refractivity contribution in [1.82, 2.24) is 14.9 Å². The monoisotopic (exact) mass is 430 g/mol. The first-order chi connectivity index (χ1) is 14.7. The fraction of sp³-hybridized carbons (Fsp3) is 0.429. The van der Waals surface area contributed by atoms with Gasteiger partial charge in [0, 0.05) is 25.7 Å². The van der Waals surface area contributed by atoms with Gasteiger partial charge in [0.05, 0.1) is 11.7 Å². The molecule has 0 saturated carbocycles. The first-order valence-corrected chi connectivity index (χ1v) is 10.1.